The maximum Gasteiger partial charge on any atom is 0.407 e. The van der Waals surface area contributed by atoms with Crippen molar-refractivity contribution in [3.05, 3.63) is 32.9 Å². The third-order valence-electron chi connectivity index (χ3n) is 1.93. The fourth-order valence-electron chi connectivity index (χ4n) is 1.12. The zero-order valence-corrected chi connectivity index (χ0v) is 9.56. The Morgan fingerprint density at radius 2 is 1.93 bits per heavy atom. The highest BCUT2D eigenvalue weighted by Gasteiger charge is 2.38. The van der Waals surface area contributed by atoms with Crippen molar-refractivity contribution in [1.82, 2.24) is 0 Å². The first-order chi connectivity index (χ1) is 6.32. The molecule has 1 aromatic carbocycles. The molecule has 14 heavy (non-hydrogen) atoms. The molecule has 0 aliphatic heterocycles. The van der Waals surface area contributed by atoms with Crippen LogP contribution in [0, 0.1) is 10.5 Å². The van der Waals surface area contributed by atoms with Gasteiger partial charge in [0.05, 0.1) is 0 Å². The number of alkyl halides is 3. The first kappa shape index (κ1) is 11.8. The van der Waals surface area contributed by atoms with Gasteiger partial charge in [0.1, 0.15) is 6.04 Å². The van der Waals surface area contributed by atoms with Crippen LogP contribution in [0.2, 0.25) is 0 Å². The summed E-state index contributed by atoms with van der Waals surface area (Å²) < 4.78 is 37.7. The molecule has 78 valence electrons. The lowest BCUT2D eigenvalue weighted by Gasteiger charge is -2.18. The van der Waals surface area contributed by atoms with Crippen LogP contribution in [0.5, 0.6) is 0 Å². The van der Waals surface area contributed by atoms with E-state index >= 15 is 0 Å². The lowest BCUT2D eigenvalue weighted by atomic mass is 10.0. The number of rotatable bonds is 1. The second-order valence-corrected chi connectivity index (χ2v) is 4.27. The van der Waals surface area contributed by atoms with E-state index in [2.05, 4.69) is 0 Å². The molecular weight excluding hydrogens is 306 g/mol. The number of hydrogen-bond donors (Lipinski definition) is 1. The molecule has 5 heteroatoms. The van der Waals surface area contributed by atoms with Crippen molar-refractivity contribution in [2.75, 3.05) is 0 Å². The average Bonchev–Trinajstić information content (AvgIpc) is 2.06. The van der Waals surface area contributed by atoms with E-state index in [9.17, 15) is 13.2 Å². The second kappa shape index (κ2) is 4.06. The molecule has 0 aromatic heterocycles. The van der Waals surface area contributed by atoms with Gasteiger partial charge in [0.25, 0.3) is 0 Å². The van der Waals surface area contributed by atoms with E-state index in [0.29, 0.717) is 5.56 Å². The number of nitrogens with two attached hydrogens (primary N) is 1. The largest absolute Gasteiger partial charge is 0.407 e. The van der Waals surface area contributed by atoms with Crippen LogP contribution in [0.1, 0.15) is 17.2 Å². The smallest absolute Gasteiger partial charge is 0.316 e. The molecule has 0 aliphatic rings. The molecule has 1 unspecified atom stereocenters. The Morgan fingerprint density at radius 3 is 2.43 bits per heavy atom. The molecule has 0 radical (unpaired) electrons. The fraction of sp³-hybridized carbons (Fsp3) is 0.333. The van der Waals surface area contributed by atoms with Crippen molar-refractivity contribution in [2.24, 2.45) is 5.73 Å². The SMILES string of the molecule is Cc1ccc(I)cc1C(N)C(F)(F)F. The molecule has 0 amide bonds. The van der Waals surface area contributed by atoms with Crippen molar-refractivity contribution >= 4 is 22.6 Å². The molecule has 0 heterocycles. The van der Waals surface area contributed by atoms with Crippen LogP contribution in [-0.4, -0.2) is 6.18 Å². The summed E-state index contributed by atoms with van der Waals surface area (Å²) in [4.78, 5) is 0. The normalized spacial score (nSPS) is 14.1. The Hall–Kier alpha value is -0.300. The predicted molar refractivity (Wildman–Crippen MR) is 56.9 cm³/mol. The molecular formula is C9H9F3IN. The number of aryl methyl sites for hydroxylation is 1. The number of hydrogen-bond acceptors (Lipinski definition) is 1. The highest BCUT2D eigenvalue weighted by atomic mass is 127. The van der Waals surface area contributed by atoms with Gasteiger partial charge >= 0.3 is 6.18 Å². The van der Waals surface area contributed by atoms with E-state index in [1.54, 1.807) is 19.1 Å². The van der Waals surface area contributed by atoms with Crippen LogP contribution >= 0.6 is 22.6 Å². The molecule has 0 fully saturated rings. The summed E-state index contributed by atoms with van der Waals surface area (Å²) >= 11 is 1.96. The molecule has 2 N–H and O–H groups in total. The quantitative estimate of drug-likeness (QED) is 0.792. The van der Waals surface area contributed by atoms with E-state index < -0.39 is 12.2 Å². The van der Waals surface area contributed by atoms with E-state index in [-0.39, 0.29) is 5.56 Å². The summed E-state index contributed by atoms with van der Waals surface area (Å²) in [5, 5.41) is 0. The zero-order chi connectivity index (χ0) is 10.9. The standard InChI is InChI=1S/C9H9F3IN/c1-5-2-3-6(13)4-7(5)8(14)9(10,11)12/h2-4,8H,14H2,1H3. The summed E-state index contributed by atoms with van der Waals surface area (Å²) in [6, 6.07) is 2.97. The lowest BCUT2D eigenvalue weighted by molar-refractivity contribution is -0.149. The Labute approximate surface area is 93.6 Å². The van der Waals surface area contributed by atoms with Gasteiger partial charge in [-0.05, 0) is 52.8 Å². The van der Waals surface area contributed by atoms with E-state index in [1.165, 1.54) is 6.07 Å². The Morgan fingerprint density at radius 1 is 1.36 bits per heavy atom. The van der Waals surface area contributed by atoms with Gasteiger partial charge in [-0.3, -0.25) is 0 Å². The second-order valence-electron chi connectivity index (χ2n) is 3.02. The fourth-order valence-corrected chi connectivity index (χ4v) is 1.64. The predicted octanol–water partition coefficient (Wildman–Crippen LogP) is 3.16. The molecule has 0 saturated heterocycles. The van der Waals surface area contributed by atoms with Gasteiger partial charge in [-0.15, -0.1) is 0 Å². The molecule has 1 aromatic rings. The molecule has 1 rings (SSSR count). The third kappa shape index (κ3) is 2.60. The Kier molecular flexibility index (Phi) is 3.41. The lowest BCUT2D eigenvalue weighted by Crippen LogP contribution is -2.29. The van der Waals surface area contributed by atoms with Crippen LogP contribution in [0.25, 0.3) is 0 Å². The van der Waals surface area contributed by atoms with Gasteiger partial charge < -0.3 is 5.73 Å². The van der Waals surface area contributed by atoms with E-state index in [0.717, 1.165) is 3.57 Å². The monoisotopic (exact) mass is 315 g/mol. The molecule has 1 nitrogen and oxygen atoms in total. The topological polar surface area (TPSA) is 26.0 Å². The highest BCUT2D eigenvalue weighted by Crippen LogP contribution is 2.32. The van der Waals surface area contributed by atoms with Gasteiger partial charge in [-0.25, -0.2) is 0 Å². The minimum absolute atomic E-state index is 0.143. The number of benzene rings is 1. The van der Waals surface area contributed by atoms with E-state index in [4.69, 9.17) is 5.73 Å². The van der Waals surface area contributed by atoms with Gasteiger partial charge in [-0.2, -0.15) is 13.2 Å². The molecule has 0 saturated carbocycles. The van der Waals surface area contributed by atoms with Crippen LogP contribution in [-0.2, 0) is 0 Å². The van der Waals surface area contributed by atoms with Crippen LogP contribution in [0.15, 0.2) is 18.2 Å². The minimum Gasteiger partial charge on any atom is -0.316 e. The summed E-state index contributed by atoms with van der Waals surface area (Å²) in [7, 11) is 0. The minimum atomic E-state index is -4.38. The van der Waals surface area contributed by atoms with Crippen LogP contribution in [0.3, 0.4) is 0 Å². The van der Waals surface area contributed by atoms with Crippen LogP contribution < -0.4 is 5.73 Å². The number of halogens is 4. The van der Waals surface area contributed by atoms with Gasteiger partial charge in [0, 0.05) is 3.57 Å². The molecule has 0 aliphatic carbocycles. The van der Waals surface area contributed by atoms with Crippen molar-refractivity contribution in [3.8, 4) is 0 Å². The zero-order valence-electron chi connectivity index (χ0n) is 7.40. The highest BCUT2D eigenvalue weighted by molar-refractivity contribution is 14.1. The maximum atomic E-state index is 12.3. The van der Waals surface area contributed by atoms with Crippen LogP contribution in [0.4, 0.5) is 13.2 Å². The summed E-state index contributed by atoms with van der Waals surface area (Å²) in [6.07, 6.45) is -4.38. The summed E-state index contributed by atoms with van der Waals surface area (Å²) in [5.74, 6) is 0. The molecule has 0 bridgehead atoms. The molecule has 1 atom stereocenters. The Balaban J connectivity index is 3.12. The van der Waals surface area contributed by atoms with Crippen molar-refractivity contribution in [2.45, 2.75) is 19.1 Å². The van der Waals surface area contributed by atoms with E-state index in [1.807, 2.05) is 22.6 Å². The first-order valence-electron chi connectivity index (χ1n) is 3.90. The van der Waals surface area contributed by atoms with Gasteiger partial charge in [0.15, 0.2) is 0 Å². The molecule has 0 spiro atoms. The maximum absolute atomic E-state index is 12.3. The summed E-state index contributed by atoms with van der Waals surface area (Å²) in [6.45, 7) is 1.62. The Bertz CT molecular complexity index is 335. The first-order valence-corrected chi connectivity index (χ1v) is 4.98. The summed E-state index contributed by atoms with van der Waals surface area (Å²) in [5.41, 5.74) is 5.82. The average molecular weight is 315 g/mol. The van der Waals surface area contributed by atoms with Crippen molar-refractivity contribution in [1.29, 1.82) is 0 Å². The van der Waals surface area contributed by atoms with Gasteiger partial charge in [-0.1, -0.05) is 6.07 Å². The van der Waals surface area contributed by atoms with Crippen molar-refractivity contribution in [3.63, 3.8) is 0 Å². The van der Waals surface area contributed by atoms with Gasteiger partial charge in [0.2, 0.25) is 0 Å². The third-order valence-corrected chi connectivity index (χ3v) is 2.60. The van der Waals surface area contributed by atoms with Crippen molar-refractivity contribution < 1.29 is 13.2 Å².